The summed E-state index contributed by atoms with van der Waals surface area (Å²) in [6.07, 6.45) is 1.98. The largest absolute Gasteiger partial charge is 0.336 e. The Balaban J connectivity index is 2.05. The normalized spacial score (nSPS) is 16.5. The van der Waals surface area contributed by atoms with Crippen molar-refractivity contribution < 1.29 is 9.59 Å². The summed E-state index contributed by atoms with van der Waals surface area (Å²) in [5, 5.41) is 0. The summed E-state index contributed by atoms with van der Waals surface area (Å²) in [5.74, 6) is 0.349. The van der Waals surface area contributed by atoms with Gasteiger partial charge in [-0.2, -0.15) is 0 Å². The van der Waals surface area contributed by atoms with Crippen LogP contribution in [0.2, 0.25) is 0 Å². The molecule has 1 aromatic carbocycles. The van der Waals surface area contributed by atoms with Gasteiger partial charge >= 0.3 is 0 Å². The van der Waals surface area contributed by atoms with Crippen molar-refractivity contribution in [1.29, 1.82) is 0 Å². The number of rotatable bonds is 3. The number of hydrogen-bond donors (Lipinski definition) is 0. The SMILES string of the molecule is CC1CCN(C(=O)C(=O)c2ccc(C(C)C)cc2)CC1. The highest BCUT2D eigenvalue weighted by atomic mass is 16.2. The average molecular weight is 273 g/mol. The summed E-state index contributed by atoms with van der Waals surface area (Å²) in [6, 6.07) is 7.40. The van der Waals surface area contributed by atoms with E-state index in [9.17, 15) is 9.59 Å². The number of hydrogen-bond acceptors (Lipinski definition) is 2. The third-order valence-corrected chi connectivity index (χ3v) is 4.10. The van der Waals surface area contributed by atoms with E-state index in [4.69, 9.17) is 0 Å². The molecule has 108 valence electrons. The Morgan fingerprint density at radius 2 is 1.65 bits per heavy atom. The molecule has 1 aliphatic rings. The molecular weight excluding hydrogens is 250 g/mol. The summed E-state index contributed by atoms with van der Waals surface area (Å²) in [5.41, 5.74) is 1.68. The van der Waals surface area contributed by atoms with Crippen LogP contribution in [-0.2, 0) is 4.79 Å². The van der Waals surface area contributed by atoms with E-state index >= 15 is 0 Å². The molecule has 1 saturated heterocycles. The molecule has 0 N–H and O–H groups in total. The maximum absolute atomic E-state index is 12.2. The first-order valence-corrected chi connectivity index (χ1v) is 7.42. The van der Waals surface area contributed by atoms with Crippen LogP contribution in [-0.4, -0.2) is 29.7 Å². The van der Waals surface area contributed by atoms with Crippen LogP contribution in [0, 0.1) is 5.92 Å². The minimum atomic E-state index is -0.380. The summed E-state index contributed by atoms with van der Waals surface area (Å²) in [6.45, 7) is 7.81. The standard InChI is InChI=1S/C17H23NO2/c1-12(2)14-4-6-15(7-5-14)16(19)17(20)18-10-8-13(3)9-11-18/h4-7,12-13H,8-11H2,1-3H3. The van der Waals surface area contributed by atoms with Crippen molar-refractivity contribution in [3.8, 4) is 0 Å². The van der Waals surface area contributed by atoms with E-state index in [2.05, 4.69) is 20.8 Å². The van der Waals surface area contributed by atoms with E-state index in [0.29, 0.717) is 30.5 Å². The molecule has 1 aromatic rings. The highest BCUT2D eigenvalue weighted by Crippen LogP contribution is 2.18. The van der Waals surface area contributed by atoms with Crippen molar-refractivity contribution in [2.45, 2.75) is 39.5 Å². The molecule has 20 heavy (non-hydrogen) atoms. The van der Waals surface area contributed by atoms with E-state index in [0.717, 1.165) is 12.8 Å². The molecule has 1 aliphatic heterocycles. The van der Waals surface area contributed by atoms with E-state index in [1.165, 1.54) is 5.56 Å². The van der Waals surface area contributed by atoms with Gasteiger partial charge in [0.2, 0.25) is 5.78 Å². The second-order valence-electron chi connectivity index (χ2n) is 6.08. The van der Waals surface area contributed by atoms with Crippen LogP contribution in [0.15, 0.2) is 24.3 Å². The zero-order chi connectivity index (χ0) is 14.7. The average Bonchev–Trinajstić information content (AvgIpc) is 2.46. The molecule has 0 spiro atoms. The monoisotopic (exact) mass is 273 g/mol. The molecule has 1 amide bonds. The van der Waals surface area contributed by atoms with Gasteiger partial charge in [-0.1, -0.05) is 45.0 Å². The Hall–Kier alpha value is -1.64. The van der Waals surface area contributed by atoms with Gasteiger partial charge in [-0.15, -0.1) is 0 Å². The van der Waals surface area contributed by atoms with E-state index in [-0.39, 0.29) is 11.7 Å². The molecule has 0 bridgehead atoms. The fourth-order valence-electron chi connectivity index (χ4n) is 2.50. The number of nitrogens with zero attached hydrogens (tertiary/aromatic N) is 1. The van der Waals surface area contributed by atoms with Crippen LogP contribution < -0.4 is 0 Å². The van der Waals surface area contributed by atoms with Crippen molar-refractivity contribution in [3.63, 3.8) is 0 Å². The Kier molecular flexibility index (Phi) is 4.58. The second kappa shape index (κ2) is 6.21. The van der Waals surface area contributed by atoms with E-state index < -0.39 is 0 Å². The second-order valence-corrected chi connectivity index (χ2v) is 6.08. The van der Waals surface area contributed by atoms with Gasteiger partial charge < -0.3 is 4.90 Å². The summed E-state index contributed by atoms with van der Waals surface area (Å²) >= 11 is 0. The molecule has 0 unspecified atom stereocenters. The van der Waals surface area contributed by atoms with E-state index in [1.807, 2.05) is 12.1 Å². The number of likely N-dealkylation sites (tertiary alicyclic amines) is 1. The molecule has 0 aliphatic carbocycles. The van der Waals surface area contributed by atoms with Crippen molar-refractivity contribution in [1.82, 2.24) is 4.90 Å². The highest BCUT2D eigenvalue weighted by molar-refractivity contribution is 6.42. The molecular formula is C17H23NO2. The maximum Gasteiger partial charge on any atom is 0.294 e. The number of piperidine rings is 1. The van der Waals surface area contributed by atoms with Gasteiger partial charge in [-0.05, 0) is 30.2 Å². The summed E-state index contributed by atoms with van der Waals surface area (Å²) in [4.78, 5) is 26.1. The third-order valence-electron chi connectivity index (χ3n) is 4.10. The van der Waals surface area contributed by atoms with Crippen molar-refractivity contribution in [2.75, 3.05) is 13.1 Å². The quantitative estimate of drug-likeness (QED) is 0.626. The molecule has 2 rings (SSSR count). The van der Waals surface area contributed by atoms with Gasteiger partial charge in [0.1, 0.15) is 0 Å². The topological polar surface area (TPSA) is 37.4 Å². The number of carbonyl (C=O) groups excluding carboxylic acids is 2. The van der Waals surface area contributed by atoms with Crippen LogP contribution in [0.25, 0.3) is 0 Å². The Bertz CT molecular complexity index is 482. The smallest absolute Gasteiger partial charge is 0.294 e. The maximum atomic E-state index is 12.2. The van der Waals surface area contributed by atoms with Gasteiger partial charge in [0, 0.05) is 18.7 Å². The Labute approximate surface area is 121 Å². The predicted molar refractivity (Wildman–Crippen MR) is 79.8 cm³/mol. The van der Waals surface area contributed by atoms with E-state index in [1.54, 1.807) is 17.0 Å². The number of Topliss-reactive ketones (excluding diaryl/α,β-unsaturated/α-hetero) is 1. The van der Waals surface area contributed by atoms with Crippen LogP contribution in [0.1, 0.15) is 55.5 Å². The first-order valence-electron chi connectivity index (χ1n) is 7.42. The van der Waals surface area contributed by atoms with Gasteiger partial charge in [-0.3, -0.25) is 9.59 Å². The lowest BCUT2D eigenvalue weighted by atomic mass is 9.97. The summed E-state index contributed by atoms with van der Waals surface area (Å²) in [7, 11) is 0. The molecule has 3 nitrogen and oxygen atoms in total. The van der Waals surface area contributed by atoms with Crippen molar-refractivity contribution >= 4 is 11.7 Å². The van der Waals surface area contributed by atoms with Crippen LogP contribution in [0.5, 0.6) is 0 Å². The lowest BCUT2D eigenvalue weighted by molar-refractivity contribution is -0.127. The predicted octanol–water partition coefficient (Wildman–Crippen LogP) is 3.25. The van der Waals surface area contributed by atoms with Crippen molar-refractivity contribution in [3.05, 3.63) is 35.4 Å². The third kappa shape index (κ3) is 3.27. The van der Waals surface area contributed by atoms with Crippen molar-refractivity contribution in [2.24, 2.45) is 5.92 Å². The molecule has 3 heteroatoms. The minimum Gasteiger partial charge on any atom is -0.336 e. The lowest BCUT2D eigenvalue weighted by Gasteiger charge is -2.29. The van der Waals surface area contributed by atoms with Crippen LogP contribution in [0.3, 0.4) is 0 Å². The number of carbonyl (C=O) groups is 2. The molecule has 0 atom stereocenters. The molecule has 1 fully saturated rings. The Morgan fingerprint density at radius 3 is 2.15 bits per heavy atom. The number of amides is 1. The van der Waals surface area contributed by atoms with Gasteiger partial charge in [0.05, 0.1) is 0 Å². The fraction of sp³-hybridized carbons (Fsp3) is 0.529. The minimum absolute atomic E-state index is 0.353. The zero-order valence-electron chi connectivity index (χ0n) is 12.6. The first kappa shape index (κ1) is 14.8. The van der Waals surface area contributed by atoms with Crippen LogP contribution in [0.4, 0.5) is 0 Å². The van der Waals surface area contributed by atoms with Gasteiger partial charge in [0.15, 0.2) is 0 Å². The molecule has 1 heterocycles. The fourth-order valence-corrected chi connectivity index (χ4v) is 2.50. The number of ketones is 1. The molecule has 0 aromatic heterocycles. The molecule has 0 radical (unpaired) electrons. The lowest BCUT2D eigenvalue weighted by Crippen LogP contribution is -2.41. The first-order chi connectivity index (χ1) is 9.49. The summed E-state index contributed by atoms with van der Waals surface area (Å²) < 4.78 is 0. The highest BCUT2D eigenvalue weighted by Gasteiger charge is 2.26. The molecule has 0 saturated carbocycles. The van der Waals surface area contributed by atoms with Crippen LogP contribution >= 0.6 is 0 Å². The Morgan fingerprint density at radius 1 is 1.10 bits per heavy atom. The zero-order valence-corrected chi connectivity index (χ0v) is 12.6. The van der Waals surface area contributed by atoms with Gasteiger partial charge in [0.25, 0.3) is 5.91 Å². The number of benzene rings is 1. The van der Waals surface area contributed by atoms with Gasteiger partial charge in [-0.25, -0.2) is 0 Å².